The smallest absolute Gasteiger partial charge is 0.247 e. The monoisotopic (exact) mass is 822 g/mol. The normalized spacial score (nSPS) is 15.1. The highest BCUT2D eigenvalue weighted by atomic mass is 16.4. The first-order valence-electron chi connectivity index (χ1n) is 21.8. The third-order valence-corrected chi connectivity index (χ3v) is 11.8. The Balaban J connectivity index is 1.02. The van der Waals surface area contributed by atoms with Crippen molar-refractivity contribution in [1.82, 2.24) is 34.8 Å². The summed E-state index contributed by atoms with van der Waals surface area (Å²) in [4.78, 5) is 53.5. The molecule has 3 amide bonds. The average Bonchev–Trinajstić information content (AvgIpc) is 4.08. The highest BCUT2D eigenvalue weighted by Crippen LogP contribution is 2.32. The van der Waals surface area contributed by atoms with Gasteiger partial charge in [0, 0.05) is 40.9 Å². The molecule has 1 aliphatic heterocycles. The Kier molecular flexibility index (Phi) is 14.1. The number of fused-ring (bicyclic) bond motifs is 1. The molecule has 6 aromatic rings. The number of hydrogen-bond acceptors (Lipinski definition) is 8. The first-order chi connectivity index (χ1) is 29.8. The van der Waals surface area contributed by atoms with Gasteiger partial charge in [-0.25, -0.2) is 0 Å². The maximum atomic E-state index is 14.1. The minimum atomic E-state index is -0.539. The predicted octanol–water partition coefficient (Wildman–Crippen LogP) is 8.72. The standard InChI is InChI=1S/C49H58N8O4/c1-6-29-56(48(59)44(54(7-2)8-3)35-18-13-11-14-19-35)33-43-52-53-47(61-43)37-25-23-34(24-26-37)41-32-38-31-39(27-28-40(38)51-41)50-46(58)42-22-17-30-57(42)49(60)45(55(9-4)10-5)36-20-15-12-16-21-36/h11-16,18-21,23-28,31-32,42,44-45,51H,6-10,17,22,29-30,33H2,1-5H3,(H,50,58)/t42-,44+,45+/m0/s1. The van der Waals surface area contributed by atoms with Gasteiger partial charge < -0.3 is 24.5 Å². The van der Waals surface area contributed by atoms with Crippen molar-refractivity contribution in [2.75, 3.05) is 44.6 Å². The zero-order chi connectivity index (χ0) is 42.9. The van der Waals surface area contributed by atoms with E-state index in [2.05, 4.69) is 71.0 Å². The van der Waals surface area contributed by atoms with E-state index < -0.39 is 18.1 Å². The predicted molar refractivity (Wildman–Crippen MR) is 240 cm³/mol. The summed E-state index contributed by atoms with van der Waals surface area (Å²) in [5.41, 5.74) is 6.18. The fourth-order valence-electron chi connectivity index (χ4n) is 8.62. The van der Waals surface area contributed by atoms with Gasteiger partial charge in [-0.1, -0.05) is 107 Å². The van der Waals surface area contributed by atoms with E-state index in [9.17, 15) is 14.4 Å². The van der Waals surface area contributed by atoms with E-state index in [-0.39, 0.29) is 24.3 Å². The van der Waals surface area contributed by atoms with Crippen molar-refractivity contribution in [3.8, 4) is 22.7 Å². The second-order valence-electron chi connectivity index (χ2n) is 15.6. The zero-order valence-electron chi connectivity index (χ0n) is 36.0. The number of carbonyl (C=O) groups excluding carboxylic acids is 3. The molecule has 0 aliphatic carbocycles. The van der Waals surface area contributed by atoms with Crippen LogP contribution in [0.5, 0.6) is 0 Å². The largest absolute Gasteiger partial charge is 0.419 e. The Morgan fingerprint density at radius 2 is 1.39 bits per heavy atom. The molecule has 0 bridgehead atoms. The Morgan fingerprint density at radius 1 is 0.770 bits per heavy atom. The molecule has 1 aliphatic rings. The molecule has 3 heterocycles. The molecule has 2 N–H and O–H groups in total. The number of aromatic nitrogens is 3. The first kappa shape index (κ1) is 43.0. The zero-order valence-corrected chi connectivity index (χ0v) is 36.0. The average molecular weight is 823 g/mol. The minimum absolute atomic E-state index is 0.0178. The number of benzene rings is 4. The van der Waals surface area contributed by atoms with E-state index >= 15 is 0 Å². The molecule has 61 heavy (non-hydrogen) atoms. The number of hydrogen-bond donors (Lipinski definition) is 2. The number of H-pyrrole nitrogens is 1. The summed E-state index contributed by atoms with van der Waals surface area (Å²) in [5.74, 6) is 0.584. The van der Waals surface area contributed by atoms with Crippen molar-refractivity contribution in [2.45, 2.75) is 78.6 Å². The van der Waals surface area contributed by atoms with Crippen molar-refractivity contribution in [1.29, 1.82) is 0 Å². The highest BCUT2D eigenvalue weighted by molar-refractivity contribution is 6.00. The van der Waals surface area contributed by atoms with Crippen LogP contribution in [-0.4, -0.2) is 97.8 Å². The lowest BCUT2D eigenvalue weighted by Gasteiger charge is -2.34. The minimum Gasteiger partial charge on any atom is -0.419 e. The van der Waals surface area contributed by atoms with Gasteiger partial charge in [-0.2, -0.15) is 0 Å². The van der Waals surface area contributed by atoms with Crippen LogP contribution in [0.4, 0.5) is 5.69 Å². The Labute approximate surface area is 358 Å². The molecule has 7 rings (SSSR count). The van der Waals surface area contributed by atoms with Gasteiger partial charge in [-0.15, -0.1) is 10.2 Å². The molecule has 0 saturated carbocycles. The molecule has 0 radical (unpaired) electrons. The van der Waals surface area contributed by atoms with Crippen molar-refractivity contribution >= 4 is 34.3 Å². The van der Waals surface area contributed by atoms with Crippen molar-refractivity contribution < 1.29 is 18.8 Å². The molecular formula is C49H58N8O4. The number of amides is 3. The van der Waals surface area contributed by atoms with Gasteiger partial charge in [-0.3, -0.25) is 24.2 Å². The van der Waals surface area contributed by atoms with Gasteiger partial charge in [0.25, 0.3) is 0 Å². The van der Waals surface area contributed by atoms with Gasteiger partial charge in [0.15, 0.2) is 0 Å². The number of nitrogens with one attached hydrogen (secondary N) is 2. The van der Waals surface area contributed by atoms with Gasteiger partial charge in [0.05, 0.1) is 6.54 Å². The summed E-state index contributed by atoms with van der Waals surface area (Å²) < 4.78 is 6.15. The topological polar surface area (TPSA) is 131 Å². The van der Waals surface area contributed by atoms with E-state index in [1.54, 1.807) is 4.90 Å². The Hall–Kier alpha value is -6.11. The summed E-state index contributed by atoms with van der Waals surface area (Å²) in [6.07, 6.45) is 2.20. The van der Waals surface area contributed by atoms with Gasteiger partial charge in [-0.05, 0) is 98.5 Å². The number of aromatic amines is 1. The maximum absolute atomic E-state index is 14.1. The number of anilines is 1. The van der Waals surface area contributed by atoms with Crippen LogP contribution in [0.3, 0.4) is 0 Å². The van der Waals surface area contributed by atoms with Gasteiger partial charge in [0.1, 0.15) is 18.1 Å². The van der Waals surface area contributed by atoms with Gasteiger partial charge >= 0.3 is 0 Å². The van der Waals surface area contributed by atoms with E-state index in [0.29, 0.717) is 37.0 Å². The number of likely N-dealkylation sites (N-methyl/N-ethyl adjacent to an activating group) is 2. The molecular weight excluding hydrogens is 765 g/mol. The molecule has 0 unspecified atom stereocenters. The number of carbonyl (C=O) groups is 3. The number of likely N-dealkylation sites (tertiary alicyclic amines) is 1. The molecule has 1 saturated heterocycles. The van der Waals surface area contributed by atoms with Crippen LogP contribution in [-0.2, 0) is 20.9 Å². The Bertz CT molecular complexity index is 2370. The molecule has 2 aromatic heterocycles. The third kappa shape index (κ3) is 9.61. The molecule has 0 spiro atoms. The molecule has 3 atom stereocenters. The fourth-order valence-corrected chi connectivity index (χ4v) is 8.62. The summed E-state index contributed by atoms with van der Waals surface area (Å²) in [6.45, 7) is 14.6. The fraction of sp³-hybridized carbons (Fsp3) is 0.367. The summed E-state index contributed by atoms with van der Waals surface area (Å²) in [6, 6.07) is 34.2. The highest BCUT2D eigenvalue weighted by Gasteiger charge is 2.39. The molecule has 4 aromatic carbocycles. The van der Waals surface area contributed by atoms with Crippen LogP contribution in [0, 0.1) is 0 Å². The SMILES string of the molecule is CCCN(Cc1nnc(-c2ccc(-c3cc4cc(NC(=O)[C@@H]5CCCN5C(=O)[C@@H](c5ccccc5)N(CC)CC)ccc4[nH]3)cc2)o1)C(=O)[C@@H](c1ccccc1)N(CC)CC. The van der Waals surface area contributed by atoms with Crippen LogP contribution in [0.2, 0.25) is 0 Å². The van der Waals surface area contributed by atoms with Crippen LogP contribution in [0.25, 0.3) is 33.6 Å². The lowest BCUT2D eigenvalue weighted by molar-refractivity contribution is -0.141. The quantitative estimate of drug-likeness (QED) is 0.0881. The van der Waals surface area contributed by atoms with E-state index in [0.717, 1.165) is 77.9 Å². The molecule has 12 heteroatoms. The van der Waals surface area contributed by atoms with E-state index in [1.165, 1.54) is 0 Å². The van der Waals surface area contributed by atoms with Crippen LogP contribution < -0.4 is 5.32 Å². The second-order valence-corrected chi connectivity index (χ2v) is 15.6. The second kappa shape index (κ2) is 20.0. The molecule has 318 valence electrons. The number of nitrogens with zero attached hydrogens (tertiary/aromatic N) is 6. The van der Waals surface area contributed by atoms with Crippen LogP contribution >= 0.6 is 0 Å². The lowest BCUT2D eigenvalue weighted by atomic mass is 10.0. The van der Waals surface area contributed by atoms with Crippen molar-refractivity contribution in [3.05, 3.63) is 126 Å². The number of rotatable bonds is 18. The summed E-state index contributed by atoms with van der Waals surface area (Å²) in [7, 11) is 0. The third-order valence-electron chi connectivity index (χ3n) is 11.8. The maximum Gasteiger partial charge on any atom is 0.247 e. The molecule has 12 nitrogen and oxygen atoms in total. The van der Waals surface area contributed by atoms with E-state index in [1.807, 2.05) is 108 Å². The van der Waals surface area contributed by atoms with Crippen molar-refractivity contribution in [2.24, 2.45) is 0 Å². The van der Waals surface area contributed by atoms with Gasteiger partial charge in [0.2, 0.25) is 29.5 Å². The van der Waals surface area contributed by atoms with Crippen molar-refractivity contribution in [3.63, 3.8) is 0 Å². The summed E-state index contributed by atoms with van der Waals surface area (Å²) in [5, 5.41) is 12.8. The Morgan fingerprint density at radius 3 is 2.03 bits per heavy atom. The lowest BCUT2D eigenvalue weighted by Crippen LogP contribution is -2.48. The molecule has 1 fully saturated rings. The van der Waals surface area contributed by atoms with E-state index in [4.69, 9.17) is 4.42 Å². The van der Waals surface area contributed by atoms with Crippen LogP contribution in [0.1, 0.15) is 83.0 Å². The first-order valence-corrected chi connectivity index (χ1v) is 21.8. The summed E-state index contributed by atoms with van der Waals surface area (Å²) >= 11 is 0. The van der Waals surface area contributed by atoms with Crippen LogP contribution in [0.15, 0.2) is 114 Å².